The Labute approximate surface area is 63.1 Å². The Kier molecular flexibility index (Phi) is 6.68. The molecule has 0 aromatic carbocycles. The zero-order chi connectivity index (χ0) is 6.62. The Hall–Kier alpha value is 0.210. The monoisotopic (exact) mass is 153 g/mol. The maximum absolute atomic E-state index is 8.37. The van der Waals surface area contributed by atoms with Gasteiger partial charge in [0.2, 0.25) is 0 Å². The minimum absolute atomic E-state index is 0. The van der Waals surface area contributed by atoms with E-state index < -0.39 is 0 Å². The largest absolute Gasteiger partial charge is 0.395 e. The van der Waals surface area contributed by atoms with E-state index in [4.69, 9.17) is 5.11 Å². The van der Waals surface area contributed by atoms with E-state index in [1.165, 1.54) is 0 Å². The van der Waals surface area contributed by atoms with E-state index in [9.17, 15) is 0 Å². The Morgan fingerprint density at radius 1 is 1.33 bits per heavy atom. The van der Waals surface area contributed by atoms with Gasteiger partial charge in [0, 0.05) is 12.1 Å². The fraction of sp³-hybridized carbons (Fsp3) is 1.00. The Bertz CT molecular complexity index is 60.6. The van der Waals surface area contributed by atoms with Crippen molar-refractivity contribution in [2.75, 3.05) is 13.2 Å². The first-order valence-electron chi connectivity index (χ1n) is 2.92. The van der Waals surface area contributed by atoms with Crippen LogP contribution in [0.3, 0.4) is 0 Å². The first-order valence-corrected chi connectivity index (χ1v) is 2.92. The Morgan fingerprint density at radius 3 is 1.89 bits per heavy atom. The molecule has 0 aromatic rings. The summed E-state index contributed by atoms with van der Waals surface area (Å²) in [4.78, 5) is 0. The second-order valence-corrected chi connectivity index (χ2v) is 2.90. The van der Waals surface area contributed by atoms with Gasteiger partial charge in [0.1, 0.15) is 0 Å². The van der Waals surface area contributed by atoms with Crippen LogP contribution in [-0.2, 0) is 0 Å². The van der Waals surface area contributed by atoms with Gasteiger partial charge >= 0.3 is 0 Å². The second kappa shape index (κ2) is 5.03. The van der Waals surface area contributed by atoms with Gasteiger partial charge in [-0.05, 0) is 20.8 Å². The van der Waals surface area contributed by atoms with Gasteiger partial charge in [-0.2, -0.15) is 0 Å². The Morgan fingerprint density at radius 2 is 1.78 bits per heavy atom. The summed E-state index contributed by atoms with van der Waals surface area (Å²) in [6.07, 6.45) is 0. The van der Waals surface area contributed by atoms with Crippen LogP contribution < -0.4 is 5.32 Å². The fourth-order valence-corrected chi connectivity index (χ4v) is 0.431. The van der Waals surface area contributed by atoms with E-state index in [2.05, 4.69) is 26.1 Å². The van der Waals surface area contributed by atoms with Gasteiger partial charge in [-0.1, -0.05) is 0 Å². The highest BCUT2D eigenvalue weighted by molar-refractivity contribution is 5.85. The lowest BCUT2D eigenvalue weighted by molar-refractivity contribution is 0.272. The zero-order valence-corrected chi connectivity index (χ0v) is 7.09. The summed E-state index contributed by atoms with van der Waals surface area (Å²) >= 11 is 0. The lowest BCUT2D eigenvalue weighted by Gasteiger charge is -2.19. The average Bonchev–Trinajstić information content (AvgIpc) is 1.59. The molecule has 0 aliphatic rings. The summed E-state index contributed by atoms with van der Waals surface area (Å²) in [7, 11) is 0. The third-order valence-corrected chi connectivity index (χ3v) is 0.767. The summed E-state index contributed by atoms with van der Waals surface area (Å²) < 4.78 is 0. The minimum Gasteiger partial charge on any atom is -0.395 e. The summed E-state index contributed by atoms with van der Waals surface area (Å²) in [6.45, 7) is 7.12. The number of nitrogens with one attached hydrogen (secondary N) is 1. The van der Waals surface area contributed by atoms with E-state index in [1.54, 1.807) is 0 Å². The average molecular weight is 154 g/mol. The van der Waals surface area contributed by atoms with Crippen LogP contribution in [0, 0.1) is 0 Å². The smallest absolute Gasteiger partial charge is 0.0556 e. The van der Waals surface area contributed by atoms with Crippen molar-refractivity contribution in [3.05, 3.63) is 0 Å². The van der Waals surface area contributed by atoms with E-state index in [0.717, 1.165) is 0 Å². The molecule has 0 unspecified atom stereocenters. The van der Waals surface area contributed by atoms with Crippen LogP contribution in [0.15, 0.2) is 0 Å². The molecule has 0 saturated heterocycles. The molecule has 0 spiro atoms. The number of β-amino-alcohol motifs (C(OH)–C–C–N with tert-alkyl or cyclic N) is 1. The van der Waals surface area contributed by atoms with Gasteiger partial charge in [0.25, 0.3) is 0 Å². The van der Waals surface area contributed by atoms with Crippen LogP contribution in [0.2, 0.25) is 0 Å². The van der Waals surface area contributed by atoms with Crippen molar-refractivity contribution in [1.82, 2.24) is 5.32 Å². The number of rotatable bonds is 2. The summed E-state index contributed by atoms with van der Waals surface area (Å²) in [6, 6.07) is 0. The molecule has 0 amide bonds. The summed E-state index contributed by atoms with van der Waals surface area (Å²) in [5, 5.41) is 11.5. The molecule has 0 atom stereocenters. The summed E-state index contributed by atoms with van der Waals surface area (Å²) in [5.41, 5.74) is 0.142. The van der Waals surface area contributed by atoms with Crippen molar-refractivity contribution < 1.29 is 5.11 Å². The van der Waals surface area contributed by atoms with Crippen molar-refractivity contribution >= 4 is 12.4 Å². The fourth-order valence-electron chi connectivity index (χ4n) is 0.431. The quantitative estimate of drug-likeness (QED) is 0.615. The molecule has 0 bridgehead atoms. The molecule has 2 N–H and O–H groups in total. The van der Waals surface area contributed by atoms with Crippen molar-refractivity contribution in [1.29, 1.82) is 0 Å². The summed E-state index contributed by atoms with van der Waals surface area (Å²) in [5.74, 6) is 0. The topological polar surface area (TPSA) is 32.3 Å². The first-order chi connectivity index (χ1) is 3.56. The zero-order valence-electron chi connectivity index (χ0n) is 6.27. The molecule has 0 aliphatic heterocycles. The highest BCUT2D eigenvalue weighted by atomic mass is 35.5. The van der Waals surface area contributed by atoms with Crippen molar-refractivity contribution in [2.45, 2.75) is 26.3 Å². The molecule has 0 saturated carbocycles. The lowest BCUT2D eigenvalue weighted by atomic mass is 10.1. The van der Waals surface area contributed by atoms with Crippen LogP contribution in [0.5, 0.6) is 0 Å². The van der Waals surface area contributed by atoms with Gasteiger partial charge in [-0.15, -0.1) is 12.4 Å². The van der Waals surface area contributed by atoms with Gasteiger partial charge in [-0.3, -0.25) is 0 Å². The number of aliphatic hydroxyl groups excluding tert-OH is 1. The van der Waals surface area contributed by atoms with Crippen molar-refractivity contribution in [2.24, 2.45) is 0 Å². The van der Waals surface area contributed by atoms with Crippen molar-refractivity contribution in [3.63, 3.8) is 0 Å². The van der Waals surface area contributed by atoms with Crippen LogP contribution >= 0.6 is 12.4 Å². The molecule has 0 fully saturated rings. The van der Waals surface area contributed by atoms with E-state index in [-0.39, 0.29) is 24.6 Å². The highest BCUT2D eigenvalue weighted by Crippen LogP contribution is 1.95. The maximum atomic E-state index is 8.37. The minimum atomic E-state index is 0. The number of hydrogen-bond donors (Lipinski definition) is 2. The molecule has 9 heavy (non-hydrogen) atoms. The van der Waals surface area contributed by atoms with Crippen LogP contribution in [0.4, 0.5) is 0 Å². The maximum Gasteiger partial charge on any atom is 0.0556 e. The Balaban J connectivity index is 0. The number of hydrogen-bond acceptors (Lipinski definition) is 2. The van der Waals surface area contributed by atoms with Gasteiger partial charge in [-0.25, -0.2) is 0 Å². The lowest BCUT2D eigenvalue weighted by Crippen LogP contribution is -2.37. The van der Waals surface area contributed by atoms with E-state index >= 15 is 0 Å². The van der Waals surface area contributed by atoms with E-state index in [1.807, 2.05) is 0 Å². The molecule has 0 radical (unpaired) electrons. The third kappa shape index (κ3) is 11.7. The molecule has 0 aliphatic carbocycles. The molecule has 2 nitrogen and oxygen atoms in total. The SMILES string of the molecule is CC(C)(C)NCCO.Cl. The predicted octanol–water partition coefficient (Wildman–Crippen LogP) is 0.789. The molecule has 0 rings (SSSR count). The van der Waals surface area contributed by atoms with Gasteiger partial charge in [0.05, 0.1) is 6.61 Å². The molecular formula is C6H16ClNO. The van der Waals surface area contributed by atoms with Crippen LogP contribution in [-0.4, -0.2) is 23.8 Å². The standard InChI is InChI=1S/C6H15NO.ClH/c1-6(2,3)7-4-5-8;/h7-8H,4-5H2,1-3H3;1H. The van der Waals surface area contributed by atoms with Gasteiger partial charge in [0.15, 0.2) is 0 Å². The molecular weight excluding hydrogens is 138 g/mol. The van der Waals surface area contributed by atoms with E-state index in [0.29, 0.717) is 6.54 Å². The number of aliphatic hydroxyl groups is 1. The van der Waals surface area contributed by atoms with Crippen molar-refractivity contribution in [3.8, 4) is 0 Å². The molecule has 3 heteroatoms. The number of halogens is 1. The van der Waals surface area contributed by atoms with Crippen LogP contribution in [0.1, 0.15) is 20.8 Å². The normalized spacial score (nSPS) is 10.7. The molecule has 58 valence electrons. The molecule has 0 heterocycles. The second-order valence-electron chi connectivity index (χ2n) is 2.90. The predicted molar refractivity (Wildman–Crippen MR) is 42.1 cm³/mol. The van der Waals surface area contributed by atoms with Gasteiger partial charge < -0.3 is 10.4 Å². The first kappa shape index (κ1) is 11.9. The molecule has 0 aromatic heterocycles. The third-order valence-electron chi connectivity index (χ3n) is 0.767. The van der Waals surface area contributed by atoms with Crippen LogP contribution in [0.25, 0.3) is 0 Å². The highest BCUT2D eigenvalue weighted by Gasteiger charge is 2.05.